The van der Waals surface area contributed by atoms with Gasteiger partial charge in [0.25, 0.3) is 0 Å². The van der Waals surface area contributed by atoms with Crippen molar-refractivity contribution in [2.75, 3.05) is 31.1 Å². The molecule has 9 heteroatoms. The Morgan fingerprint density at radius 1 is 1.21 bits per heavy atom. The summed E-state index contributed by atoms with van der Waals surface area (Å²) in [7, 11) is -3.71. The smallest absolute Gasteiger partial charge is 0.240 e. The molecular formula is C20H27N3O5S. The third-order valence-electron chi connectivity index (χ3n) is 5.64. The number of anilines is 1. The number of nitrogens with one attached hydrogen (secondary N) is 2. The van der Waals surface area contributed by atoms with Gasteiger partial charge in [0.2, 0.25) is 21.8 Å². The van der Waals surface area contributed by atoms with E-state index in [2.05, 4.69) is 10.0 Å². The lowest BCUT2D eigenvalue weighted by Gasteiger charge is -2.17. The van der Waals surface area contributed by atoms with Crippen molar-refractivity contribution < 1.29 is 22.7 Å². The predicted octanol–water partition coefficient (Wildman–Crippen LogP) is 0.949. The molecule has 0 bridgehead atoms. The van der Waals surface area contributed by atoms with Gasteiger partial charge in [0.1, 0.15) is 0 Å². The zero-order chi connectivity index (χ0) is 20.4. The quantitative estimate of drug-likeness (QED) is 0.650. The first-order valence-corrected chi connectivity index (χ1v) is 11.7. The third-order valence-corrected chi connectivity index (χ3v) is 7.10. The van der Waals surface area contributed by atoms with Gasteiger partial charge in [-0.15, -0.1) is 0 Å². The van der Waals surface area contributed by atoms with E-state index in [0.717, 1.165) is 43.5 Å². The van der Waals surface area contributed by atoms with Crippen molar-refractivity contribution in [2.45, 2.75) is 49.5 Å². The van der Waals surface area contributed by atoms with Crippen molar-refractivity contribution in [1.29, 1.82) is 0 Å². The van der Waals surface area contributed by atoms with Crippen LogP contribution in [0, 0.1) is 5.92 Å². The Bertz CT molecular complexity index is 891. The molecular weight excluding hydrogens is 394 g/mol. The number of amides is 2. The maximum Gasteiger partial charge on any atom is 0.240 e. The number of hydrogen-bond acceptors (Lipinski definition) is 5. The van der Waals surface area contributed by atoms with Crippen molar-refractivity contribution in [3.05, 3.63) is 23.8 Å². The van der Waals surface area contributed by atoms with Gasteiger partial charge in [-0.3, -0.25) is 9.59 Å². The van der Waals surface area contributed by atoms with Gasteiger partial charge in [-0.2, -0.15) is 0 Å². The molecule has 2 N–H and O–H groups in total. The average molecular weight is 422 g/mol. The Balaban J connectivity index is 1.29. The second-order valence-corrected chi connectivity index (χ2v) is 9.66. The molecule has 4 rings (SSSR count). The highest BCUT2D eigenvalue weighted by molar-refractivity contribution is 7.89. The SMILES string of the molecule is O=C(CCNS(=O)(=O)c1ccc2c(c1)CCN2C(=O)C1CC1)NCC1CCCO1. The van der Waals surface area contributed by atoms with Crippen LogP contribution in [0.1, 0.15) is 37.7 Å². The van der Waals surface area contributed by atoms with E-state index >= 15 is 0 Å². The third kappa shape index (κ3) is 4.79. The minimum absolute atomic E-state index is 0.0308. The van der Waals surface area contributed by atoms with Crippen molar-refractivity contribution in [2.24, 2.45) is 5.92 Å². The Hall–Kier alpha value is -1.97. The maximum atomic E-state index is 12.6. The summed E-state index contributed by atoms with van der Waals surface area (Å²) < 4.78 is 33.1. The fourth-order valence-electron chi connectivity index (χ4n) is 3.83. The van der Waals surface area contributed by atoms with Crippen LogP contribution in [0.2, 0.25) is 0 Å². The first kappa shape index (κ1) is 20.3. The van der Waals surface area contributed by atoms with E-state index in [9.17, 15) is 18.0 Å². The number of nitrogens with zero attached hydrogens (tertiary/aromatic N) is 1. The summed E-state index contributed by atoms with van der Waals surface area (Å²) in [5.41, 5.74) is 1.69. The molecule has 2 amide bonds. The number of hydrogen-bond donors (Lipinski definition) is 2. The molecule has 1 aromatic carbocycles. The summed E-state index contributed by atoms with van der Waals surface area (Å²) in [5.74, 6) is 0.0790. The van der Waals surface area contributed by atoms with Crippen LogP contribution in [-0.4, -0.2) is 52.6 Å². The number of rotatable bonds is 8. The molecule has 1 saturated heterocycles. The largest absolute Gasteiger partial charge is 0.376 e. The van der Waals surface area contributed by atoms with E-state index in [1.165, 1.54) is 6.07 Å². The van der Waals surface area contributed by atoms with E-state index in [1.807, 2.05) is 0 Å². The summed E-state index contributed by atoms with van der Waals surface area (Å²) in [6.45, 7) is 1.83. The predicted molar refractivity (Wildman–Crippen MR) is 107 cm³/mol. The lowest BCUT2D eigenvalue weighted by Crippen LogP contribution is -2.34. The normalized spacial score (nSPS) is 21.2. The first-order chi connectivity index (χ1) is 13.9. The molecule has 0 radical (unpaired) electrons. The van der Waals surface area contributed by atoms with Crippen LogP contribution in [0.5, 0.6) is 0 Å². The van der Waals surface area contributed by atoms with Gasteiger partial charge in [0.05, 0.1) is 11.0 Å². The molecule has 1 unspecified atom stereocenters. The molecule has 3 aliphatic rings. The van der Waals surface area contributed by atoms with Crippen LogP contribution in [0.15, 0.2) is 23.1 Å². The molecule has 8 nitrogen and oxygen atoms in total. The molecule has 0 aromatic heterocycles. The Morgan fingerprint density at radius 2 is 2.03 bits per heavy atom. The number of sulfonamides is 1. The van der Waals surface area contributed by atoms with Gasteiger partial charge in [0.15, 0.2) is 0 Å². The van der Waals surface area contributed by atoms with E-state index in [-0.39, 0.29) is 41.7 Å². The van der Waals surface area contributed by atoms with Crippen molar-refractivity contribution in [3.8, 4) is 0 Å². The summed E-state index contributed by atoms with van der Waals surface area (Å²) >= 11 is 0. The number of benzene rings is 1. The lowest BCUT2D eigenvalue weighted by atomic mass is 10.2. The van der Waals surface area contributed by atoms with E-state index < -0.39 is 10.0 Å². The van der Waals surface area contributed by atoms with Crippen molar-refractivity contribution >= 4 is 27.5 Å². The Labute approximate surface area is 171 Å². The van der Waals surface area contributed by atoms with Gasteiger partial charge < -0.3 is 15.0 Å². The fraction of sp³-hybridized carbons (Fsp3) is 0.600. The number of carbonyl (C=O) groups excluding carboxylic acids is 2. The molecule has 2 aliphatic heterocycles. The van der Waals surface area contributed by atoms with Crippen LogP contribution in [0.4, 0.5) is 5.69 Å². The highest BCUT2D eigenvalue weighted by atomic mass is 32.2. The minimum Gasteiger partial charge on any atom is -0.376 e. The highest BCUT2D eigenvalue weighted by Crippen LogP contribution is 2.37. The maximum absolute atomic E-state index is 12.6. The Morgan fingerprint density at radius 3 is 2.76 bits per heavy atom. The van der Waals surface area contributed by atoms with Crippen LogP contribution in [-0.2, 0) is 30.8 Å². The second kappa shape index (κ2) is 8.41. The van der Waals surface area contributed by atoms with Crippen LogP contribution >= 0.6 is 0 Å². The molecule has 158 valence electrons. The molecule has 1 aromatic rings. The second-order valence-electron chi connectivity index (χ2n) is 7.89. The minimum atomic E-state index is -3.71. The molecule has 1 atom stereocenters. The molecule has 1 saturated carbocycles. The topological polar surface area (TPSA) is 105 Å². The number of carbonyl (C=O) groups is 2. The van der Waals surface area contributed by atoms with E-state index in [4.69, 9.17) is 4.74 Å². The summed E-state index contributed by atoms with van der Waals surface area (Å²) in [4.78, 5) is 26.2. The zero-order valence-corrected chi connectivity index (χ0v) is 17.2. The zero-order valence-electron chi connectivity index (χ0n) is 16.4. The van der Waals surface area contributed by atoms with Gasteiger partial charge in [0, 0.05) is 44.3 Å². The van der Waals surface area contributed by atoms with E-state index in [0.29, 0.717) is 19.5 Å². The monoisotopic (exact) mass is 421 g/mol. The number of ether oxygens (including phenoxy) is 1. The Kier molecular flexibility index (Phi) is 5.89. The lowest BCUT2D eigenvalue weighted by molar-refractivity contribution is -0.121. The van der Waals surface area contributed by atoms with Crippen LogP contribution < -0.4 is 14.9 Å². The van der Waals surface area contributed by atoms with Gasteiger partial charge in [-0.25, -0.2) is 13.1 Å². The molecule has 0 spiro atoms. The van der Waals surface area contributed by atoms with Crippen molar-refractivity contribution in [3.63, 3.8) is 0 Å². The van der Waals surface area contributed by atoms with Gasteiger partial charge in [-0.05, 0) is 55.9 Å². The highest BCUT2D eigenvalue weighted by Gasteiger charge is 2.36. The average Bonchev–Trinajstić information content (AvgIpc) is 3.25. The van der Waals surface area contributed by atoms with Crippen LogP contribution in [0.3, 0.4) is 0 Å². The van der Waals surface area contributed by atoms with Gasteiger partial charge >= 0.3 is 0 Å². The summed E-state index contributed by atoms with van der Waals surface area (Å²) in [5, 5.41) is 2.78. The van der Waals surface area contributed by atoms with Crippen LogP contribution in [0.25, 0.3) is 0 Å². The standard InChI is InChI=1S/C20H27N3O5S/c24-19(21-13-16-2-1-11-28-16)7-9-22-29(26,27)17-5-6-18-15(12-17)8-10-23(18)20(25)14-3-4-14/h5-6,12,14,16,22H,1-4,7-11,13H2,(H,21,24). The van der Waals surface area contributed by atoms with E-state index in [1.54, 1.807) is 17.0 Å². The number of fused-ring (bicyclic) bond motifs is 1. The first-order valence-electron chi connectivity index (χ1n) is 10.3. The molecule has 2 heterocycles. The fourth-order valence-corrected chi connectivity index (χ4v) is 4.91. The molecule has 29 heavy (non-hydrogen) atoms. The summed E-state index contributed by atoms with van der Waals surface area (Å²) in [6.07, 6.45) is 4.63. The van der Waals surface area contributed by atoms with Gasteiger partial charge in [-0.1, -0.05) is 0 Å². The summed E-state index contributed by atoms with van der Waals surface area (Å²) in [6, 6.07) is 4.87. The molecule has 1 aliphatic carbocycles. The molecule has 2 fully saturated rings. The van der Waals surface area contributed by atoms with Crippen molar-refractivity contribution in [1.82, 2.24) is 10.0 Å².